The summed E-state index contributed by atoms with van der Waals surface area (Å²) in [6.07, 6.45) is 2.61. The summed E-state index contributed by atoms with van der Waals surface area (Å²) in [7, 11) is 0. The fraction of sp³-hybridized carbons (Fsp3) is 0.500. The highest BCUT2D eigenvalue weighted by atomic mass is 79.9. The van der Waals surface area contributed by atoms with E-state index in [2.05, 4.69) is 21.2 Å². The number of hydrogen-bond acceptors (Lipinski definition) is 4. The van der Waals surface area contributed by atoms with E-state index in [4.69, 9.17) is 4.74 Å². The topological polar surface area (TPSA) is 58.6 Å². The van der Waals surface area contributed by atoms with Gasteiger partial charge in [-0.05, 0) is 46.5 Å². The Labute approximate surface area is 149 Å². The molecule has 2 rings (SSSR count). The zero-order valence-electron chi connectivity index (χ0n) is 13.1. The molecule has 1 fully saturated rings. The molecule has 5 nitrogen and oxygen atoms in total. The van der Waals surface area contributed by atoms with Crippen LogP contribution in [0.15, 0.2) is 28.7 Å². The van der Waals surface area contributed by atoms with Crippen molar-refractivity contribution in [2.45, 2.75) is 12.5 Å². The molecule has 0 radical (unpaired) electrons. The monoisotopic (exact) mass is 400 g/mol. The summed E-state index contributed by atoms with van der Waals surface area (Å²) in [6, 6.07) is 6.71. The number of thioether (sulfide) groups is 1. The maximum absolute atomic E-state index is 12.7. The van der Waals surface area contributed by atoms with Crippen LogP contribution in [-0.4, -0.2) is 61.1 Å². The van der Waals surface area contributed by atoms with E-state index in [9.17, 15) is 9.59 Å². The van der Waals surface area contributed by atoms with Crippen molar-refractivity contribution in [3.05, 3.63) is 34.3 Å². The molecular formula is C16H21BrN2O3S. The second kappa shape index (κ2) is 9.30. The number of amides is 2. The third-order valence-electron chi connectivity index (χ3n) is 3.66. The second-order valence-electron chi connectivity index (χ2n) is 5.23. The lowest BCUT2D eigenvalue weighted by atomic mass is 10.1. The van der Waals surface area contributed by atoms with Gasteiger partial charge in [-0.15, -0.1) is 0 Å². The highest BCUT2D eigenvalue weighted by Gasteiger charge is 2.27. The lowest BCUT2D eigenvalue weighted by Gasteiger charge is -2.30. The summed E-state index contributed by atoms with van der Waals surface area (Å²) in [5.41, 5.74) is 0.538. The van der Waals surface area contributed by atoms with Crippen LogP contribution in [0.5, 0.6) is 0 Å². The SMILES string of the molecule is CSCCC(NC(=O)c1ccccc1Br)C(=O)N1CCOCC1. The van der Waals surface area contributed by atoms with E-state index in [1.807, 2.05) is 18.4 Å². The van der Waals surface area contributed by atoms with Crippen molar-refractivity contribution in [1.82, 2.24) is 10.2 Å². The molecular weight excluding hydrogens is 380 g/mol. The molecule has 0 aliphatic carbocycles. The zero-order valence-corrected chi connectivity index (χ0v) is 15.5. The normalized spacial score (nSPS) is 16.0. The number of carbonyl (C=O) groups is 2. The van der Waals surface area contributed by atoms with E-state index in [1.165, 1.54) is 0 Å². The molecule has 0 aromatic heterocycles. The Kier molecular flexibility index (Phi) is 7.39. The van der Waals surface area contributed by atoms with Gasteiger partial charge >= 0.3 is 0 Å². The molecule has 1 N–H and O–H groups in total. The van der Waals surface area contributed by atoms with E-state index in [0.29, 0.717) is 38.3 Å². The Balaban J connectivity index is 2.06. The van der Waals surface area contributed by atoms with Gasteiger partial charge in [0.05, 0.1) is 18.8 Å². The molecule has 1 saturated heterocycles. The third-order valence-corrected chi connectivity index (χ3v) is 4.99. The van der Waals surface area contributed by atoms with E-state index < -0.39 is 6.04 Å². The minimum absolute atomic E-state index is 0.0252. The largest absolute Gasteiger partial charge is 0.378 e. The molecule has 1 atom stereocenters. The van der Waals surface area contributed by atoms with E-state index in [0.717, 1.165) is 10.2 Å². The number of carbonyl (C=O) groups excluding carboxylic acids is 2. The van der Waals surface area contributed by atoms with Crippen LogP contribution in [0.2, 0.25) is 0 Å². The van der Waals surface area contributed by atoms with Crippen molar-refractivity contribution in [2.24, 2.45) is 0 Å². The predicted molar refractivity (Wildman–Crippen MR) is 95.8 cm³/mol. The fourth-order valence-corrected chi connectivity index (χ4v) is 3.31. The molecule has 7 heteroatoms. The van der Waals surface area contributed by atoms with Gasteiger partial charge in [0, 0.05) is 17.6 Å². The van der Waals surface area contributed by atoms with Crippen LogP contribution in [0, 0.1) is 0 Å². The average molecular weight is 401 g/mol. The highest BCUT2D eigenvalue weighted by molar-refractivity contribution is 9.10. The van der Waals surface area contributed by atoms with E-state index in [1.54, 1.807) is 28.8 Å². The van der Waals surface area contributed by atoms with Gasteiger partial charge in [-0.1, -0.05) is 12.1 Å². The number of ether oxygens (including phenoxy) is 1. The van der Waals surface area contributed by atoms with Crippen LogP contribution in [0.1, 0.15) is 16.8 Å². The van der Waals surface area contributed by atoms with Crippen molar-refractivity contribution in [3.63, 3.8) is 0 Å². The van der Waals surface area contributed by atoms with E-state index >= 15 is 0 Å². The summed E-state index contributed by atoms with van der Waals surface area (Å²) in [4.78, 5) is 26.9. The zero-order chi connectivity index (χ0) is 16.7. The van der Waals surface area contributed by atoms with Crippen LogP contribution in [0.25, 0.3) is 0 Å². The minimum atomic E-state index is -0.500. The molecule has 1 aliphatic heterocycles. The first-order valence-corrected chi connectivity index (χ1v) is 9.73. The van der Waals surface area contributed by atoms with Crippen molar-refractivity contribution in [1.29, 1.82) is 0 Å². The Morgan fingerprint density at radius 1 is 1.35 bits per heavy atom. The number of benzene rings is 1. The number of nitrogens with zero attached hydrogens (tertiary/aromatic N) is 1. The molecule has 126 valence electrons. The highest BCUT2D eigenvalue weighted by Crippen LogP contribution is 2.16. The predicted octanol–water partition coefficient (Wildman–Crippen LogP) is 2.16. The Morgan fingerprint density at radius 2 is 2.04 bits per heavy atom. The average Bonchev–Trinajstić information content (AvgIpc) is 2.59. The smallest absolute Gasteiger partial charge is 0.253 e. The standard InChI is InChI=1S/C16H21BrN2O3S/c1-23-11-6-14(16(21)19-7-9-22-10-8-19)18-15(20)12-4-2-3-5-13(12)17/h2-5,14H,6-11H2,1H3,(H,18,20). The van der Waals surface area contributed by atoms with Crippen LogP contribution in [0.3, 0.4) is 0 Å². The maximum Gasteiger partial charge on any atom is 0.253 e. The third kappa shape index (κ3) is 5.22. The van der Waals surface area contributed by atoms with Gasteiger partial charge in [-0.3, -0.25) is 9.59 Å². The molecule has 2 amide bonds. The Morgan fingerprint density at radius 3 is 2.70 bits per heavy atom. The van der Waals surface area contributed by atoms with Gasteiger partial charge in [0.25, 0.3) is 5.91 Å². The van der Waals surface area contributed by atoms with Gasteiger partial charge in [0.1, 0.15) is 6.04 Å². The summed E-state index contributed by atoms with van der Waals surface area (Å²) in [5, 5.41) is 2.89. The van der Waals surface area contributed by atoms with Gasteiger partial charge < -0.3 is 15.0 Å². The molecule has 0 bridgehead atoms. The minimum Gasteiger partial charge on any atom is -0.378 e. The second-order valence-corrected chi connectivity index (χ2v) is 7.06. The van der Waals surface area contributed by atoms with Crippen molar-refractivity contribution in [3.8, 4) is 0 Å². The first-order chi connectivity index (χ1) is 11.1. The molecule has 1 aromatic carbocycles. The van der Waals surface area contributed by atoms with Gasteiger partial charge in [0.15, 0.2) is 0 Å². The lowest BCUT2D eigenvalue weighted by molar-refractivity contribution is -0.137. The maximum atomic E-state index is 12.7. The van der Waals surface area contributed by atoms with Gasteiger partial charge in [-0.25, -0.2) is 0 Å². The van der Waals surface area contributed by atoms with Crippen LogP contribution in [0.4, 0.5) is 0 Å². The summed E-state index contributed by atoms with van der Waals surface area (Å²) >= 11 is 5.04. The van der Waals surface area contributed by atoms with Crippen LogP contribution >= 0.6 is 27.7 Å². The van der Waals surface area contributed by atoms with E-state index in [-0.39, 0.29) is 11.8 Å². The molecule has 23 heavy (non-hydrogen) atoms. The van der Waals surface area contributed by atoms with Crippen LogP contribution in [-0.2, 0) is 9.53 Å². The molecule has 0 saturated carbocycles. The number of rotatable bonds is 6. The summed E-state index contributed by atoms with van der Waals surface area (Å²) < 4.78 is 6.01. The Bertz CT molecular complexity index is 550. The summed E-state index contributed by atoms with van der Waals surface area (Å²) in [5.74, 6) is 0.560. The number of hydrogen-bond donors (Lipinski definition) is 1. The fourth-order valence-electron chi connectivity index (χ4n) is 2.38. The van der Waals surface area contributed by atoms with Crippen molar-refractivity contribution in [2.75, 3.05) is 38.3 Å². The van der Waals surface area contributed by atoms with Gasteiger partial charge in [0.2, 0.25) is 5.91 Å². The molecule has 1 aliphatic rings. The number of halogens is 1. The van der Waals surface area contributed by atoms with Crippen LogP contribution < -0.4 is 5.32 Å². The van der Waals surface area contributed by atoms with Crippen molar-refractivity contribution < 1.29 is 14.3 Å². The molecule has 1 unspecified atom stereocenters. The lowest BCUT2D eigenvalue weighted by Crippen LogP contribution is -2.52. The Hall–Kier alpha value is -1.05. The molecule has 1 heterocycles. The first kappa shape index (κ1) is 18.3. The quantitative estimate of drug-likeness (QED) is 0.794. The first-order valence-electron chi connectivity index (χ1n) is 7.54. The molecule has 1 aromatic rings. The molecule has 0 spiro atoms. The summed E-state index contributed by atoms with van der Waals surface area (Å²) in [6.45, 7) is 2.28. The number of morpholine rings is 1. The van der Waals surface area contributed by atoms with Crippen molar-refractivity contribution >= 4 is 39.5 Å². The number of nitrogens with one attached hydrogen (secondary N) is 1. The van der Waals surface area contributed by atoms with Gasteiger partial charge in [-0.2, -0.15) is 11.8 Å².